The maximum atomic E-state index is 11.1. The number of hydrogen-bond donors (Lipinski definition) is 0. The quantitative estimate of drug-likeness (QED) is 0.202. The van der Waals surface area contributed by atoms with E-state index in [0.29, 0.717) is 36.3 Å². The van der Waals surface area contributed by atoms with E-state index in [0.717, 1.165) is 0 Å². The molecule has 0 heterocycles. The molecule has 17 heavy (non-hydrogen) atoms. The van der Waals surface area contributed by atoms with E-state index < -0.39 is 15.4 Å². The lowest BCUT2D eigenvalue weighted by atomic mass is 10.3. The first kappa shape index (κ1) is 16.4. The molecule has 0 saturated heterocycles. The molecular weight excluding hydrogens is 262 g/mol. The van der Waals surface area contributed by atoms with Crippen LogP contribution in [0.25, 0.3) is 10.4 Å². The van der Waals surface area contributed by atoms with Crippen molar-refractivity contribution in [3.05, 3.63) is 10.4 Å². The standard InChI is InChI=1S/C8H19N3O4SSi/c1-3-14-8(17,15-4-2)6-5-7-16(12,13)11-10-9/h3-7H2,1-2,17H3. The van der Waals surface area contributed by atoms with Crippen LogP contribution in [0.3, 0.4) is 0 Å². The predicted octanol–water partition coefficient (Wildman–Crippen LogP) is 0.499. The van der Waals surface area contributed by atoms with Gasteiger partial charge < -0.3 is 9.47 Å². The van der Waals surface area contributed by atoms with Gasteiger partial charge in [-0.2, -0.15) is 0 Å². The SMILES string of the molecule is CCOC([SiH3])(CCCS(=O)(=O)N=[N+]=[N-])OCC. The van der Waals surface area contributed by atoms with Crippen LogP contribution in [0.4, 0.5) is 0 Å². The Kier molecular flexibility index (Phi) is 7.40. The van der Waals surface area contributed by atoms with Gasteiger partial charge in [0.1, 0.15) is 5.41 Å². The van der Waals surface area contributed by atoms with E-state index in [2.05, 4.69) is 9.43 Å². The van der Waals surface area contributed by atoms with E-state index in [9.17, 15) is 8.42 Å². The summed E-state index contributed by atoms with van der Waals surface area (Å²) in [6.07, 6.45) is 0.839. The summed E-state index contributed by atoms with van der Waals surface area (Å²) in [7, 11) is -3.02. The summed E-state index contributed by atoms with van der Waals surface area (Å²) < 4.78 is 36.0. The van der Waals surface area contributed by atoms with Crippen molar-refractivity contribution in [2.24, 2.45) is 4.52 Å². The van der Waals surface area contributed by atoms with Crippen molar-refractivity contribution in [2.45, 2.75) is 32.1 Å². The molecule has 0 saturated carbocycles. The lowest BCUT2D eigenvalue weighted by molar-refractivity contribution is -0.176. The van der Waals surface area contributed by atoms with Crippen LogP contribution >= 0.6 is 0 Å². The molecule has 0 bridgehead atoms. The minimum atomic E-state index is -3.67. The van der Waals surface area contributed by atoms with Gasteiger partial charge >= 0.3 is 0 Å². The first-order valence-electron chi connectivity index (χ1n) is 5.46. The van der Waals surface area contributed by atoms with E-state index in [4.69, 9.17) is 15.0 Å². The third-order valence-corrected chi connectivity index (χ3v) is 4.30. The molecule has 0 N–H and O–H groups in total. The van der Waals surface area contributed by atoms with Gasteiger partial charge in [-0.1, -0.05) is 0 Å². The Hall–Kier alpha value is -0.603. The van der Waals surface area contributed by atoms with Crippen LogP contribution in [0.15, 0.2) is 4.52 Å². The Balaban J connectivity index is 4.28. The van der Waals surface area contributed by atoms with Gasteiger partial charge in [0.05, 0.1) is 16.0 Å². The fourth-order valence-electron chi connectivity index (χ4n) is 1.47. The van der Waals surface area contributed by atoms with E-state index >= 15 is 0 Å². The van der Waals surface area contributed by atoms with Gasteiger partial charge in [0.25, 0.3) is 0 Å². The predicted molar refractivity (Wildman–Crippen MR) is 68.1 cm³/mol. The summed E-state index contributed by atoms with van der Waals surface area (Å²) in [4.78, 5) is 2.28. The lowest BCUT2D eigenvalue weighted by Crippen LogP contribution is -2.37. The van der Waals surface area contributed by atoms with Crippen molar-refractivity contribution < 1.29 is 17.9 Å². The molecule has 0 aliphatic rings. The number of hydrogen-bond acceptors (Lipinski definition) is 4. The van der Waals surface area contributed by atoms with Crippen molar-refractivity contribution in [2.75, 3.05) is 19.0 Å². The van der Waals surface area contributed by atoms with Crippen LogP contribution in [0.2, 0.25) is 0 Å². The van der Waals surface area contributed by atoms with E-state index in [1.165, 1.54) is 0 Å². The zero-order chi connectivity index (χ0) is 13.4. The molecule has 0 aromatic rings. The molecule has 0 aromatic carbocycles. The summed E-state index contributed by atoms with van der Waals surface area (Å²) in [6.45, 7) is 4.77. The molecule has 0 amide bonds. The van der Waals surface area contributed by atoms with Crippen molar-refractivity contribution in [3.8, 4) is 0 Å². The fraction of sp³-hybridized carbons (Fsp3) is 1.00. The molecular formula is C8H19N3O4SSi. The summed E-state index contributed by atoms with van der Waals surface area (Å²) >= 11 is 0. The van der Waals surface area contributed by atoms with Crippen molar-refractivity contribution in [1.82, 2.24) is 0 Å². The third-order valence-electron chi connectivity index (χ3n) is 2.09. The second-order valence-corrected chi connectivity index (χ2v) is 6.82. The van der Waals surface area contributed by atoms with Crippen molar-refractivity contribution in [3.63, 3.8) is 0 Å². The van der Waals surface area contributed by atoms with Crippen molar-refractivity contribution in [1.29, 1.82) is 0 Å². The molecule has 0 unspecified atom stereocenters. The zero-order valence-corrected chi connectivity index (χ0v) is 13.2. The van der Waals surface area contributed by atoms with E-state index in [1.807, 2.05) is 13.8 Å². The summed E-state index contributed by atoms with van der Waals surface area (Å²) in [5.74, 6) is -0.179. The molecule has 0 aliphatic carbocycles. The molecule has 0 aliphatic heterocycles. The highest BCUT2D eigenvalue weighted by Crippen LogP contribution is 2.17. The smallest absolute Gasteiger partial charge is 0.235 e. The van der Waals surface area contributed by atoms with Crippen LogP contribution in [0.1, 0.15) is 26.7 Å². The van der Waals surface area contributed by atoms with Gasteiger partial charge in [-0.05, 0) is 32.2 Å². The van der Waals surface area contributed by atoms with Gasteiger partial charge in [0.2, 0.25) is 10.0 Å². The maximum Gasteiger partial charge on any atom is 0.235 e. The van der Waals surface area contributed by atoms with Crippen LogP contribution in [-0.4, -0.2) is 43.0 Å². The van der Waals surface area contributed by atoms with Gasteiger partial charge in [-0.25, -0.2) is 8.42 Å². The Labute approximate surface area is 105 Å². The molecule has 9 heteroatoms. The number of ether oxygens (including phenoxy) is 2. The maximum absolute atomic E-state index is 11.1. The highest BCUT2D eigenvalue weighted by molar-refractivity contribution is 7.89. The second-order valence-electron chi connectivity index (χ2n) is 3.56. The minimum Gasteiger partial charge on any atom is -0.355 e. The number of nitrogens with zero attached hydrogens (tertiary/aromatic N) is 3. The minimum absolute atomic E-state index is 0.179. The average molecular weight is 281 g/mol. The lowest BCUT2D eigenvalue weighted by Gasteiger charge is -2.29. The number of rotatable bonds is 9. The summed E-state index contributed by atoms with van der Waals surface area (Å²) in [5.41, 5.74) is 7.42. The largest absolute Gasteiger partial charge is 0.355 e. The van der Waals surface area contributed by atoms with Crippen molar-refractivity contribution >= 4 is 20.3 Å². The molecule has 0 spiro atoms. The molecule has 7 nitrogen and oxygen atoms in total. The topological polar surface area (TPSA) is 101 Å². The number of sulfonamides is 1. The summed E-state index contributed by atoms with van der Waals surface area (Å²) in [6, 6.07) is 0. The molecule has 0 fully saturated rings. The summed E-state index contributed by atoms with van der Waals surface area (Å²) in [5, 5.41) is 0. The van der Waals surface area contributed by atoms with Gasteiger partial charge in [-0.3, -0.25) is 0 Å². The van der Waals surface area contributed by atoms with Crippen LogP contribution < -0.4 is 0 Å². The molecule has 0 aromatic heterocycles. The van der Waals surface area contributed by atoms with Gasteiger partial charge in [0, 0.05) is 22.6 Å². The molecule has 0 radical (unpaired) electrons. The second kappa shape index (κ2) is 7.67. The molecule has 100 valence electrons. The average Bonchev–Trinajstić information content (AvgIpc) is 2.17. The Morgan fingerprint density at radius 3 is 2.29 bits per heavy atom. The molecule has 0 rings (SSSR count). The highest BCUT2D eigenvalue weighted by Gasteiger charge is 2.24. The van der Waals surface area contributed by atoms with Gasteiger partial charge in [-0.15, -0.1) is 0 Å². The van der Waals surface area contributed by atoms with Crippen LogP contribution in [0.5, 0.6) is 0 Å². The normalized spacial score (nSPS) is 12.4. The fourth-order valence-corrected chi connectivity index (χ4v) is 3.10. The first-order valence-corrected chi connectivity index (χ1v) is 8.07. The first-order chi connectivity index (χ1) is 7.89. The Morgan fingerprint density at radius 1 is 1.35 bits per heavy atom. The van der Waals surface area contributed by atoms with E-state index in [-0.39, 0.29) is 5.75 Å². The number of azide groups is 1. The zero-order valence-electron chi connectivity index (χ0n) is 10.4. The van der Waals surface area contributed by atoms with Crippen LogP contribution in [0, 0.1) is 0 Å². The molecule has 0 atom stereocenters. The highest BCUT2D eigenvalue weighted by atomic mass is 32.2. The van der Waals surface area contributed by atoms with Gasteiger partial charge in [0.15, 0.2) is 0 Å². The Morgan fingerprint density at radius 2 is 1.88 bits per heavy atom. The third kappa shape index (κ3) is 7.34. The Bertz CT molecular complexity index is 361. The monoisotopic (exact) mass is 281 g/mol. The van der Waals surface area contributed by atoms with E-state index in [1.54, 1.807) is 0 Å². The van der Waals surface area contributed by atoms with Crippen LogP contribution in [-0.2, 0) is 19.5 Å².